The van der Waals surface area contributed by atoms with Crippen molar-refractivity contribution in [1.82, 2.24) is 10.3 Å². The maximum absolute atomic E-state index is 13.8. The van der Waals surface area contributed by atoms with Crippen LogP contribution in [0.5, 0.6) is 0 Å². The second-order valence-corrected chi connectivity index (χ2v) is 8.72. The molecule has 2 fully saturated rings. The van der Waals surface area contributed by atoms with Gasteiger partial charge in [0.1, 0.15) is 5.82 Å². The number of rotatable bonds is 3. The van der Waals surface area contributed by atoms with Crippen molar-refractivity contribution >= 4 is 16.8 Å². The first-order valence-corrected chi connectivity index (χ1v) is 9.66. The van der Waals surface area contributed by atoms with Gasteiger partial charge in [0.15, 0.2) is 0 Å². The van der Waals surface area contributed by atoms with E-state index in [1.807, 2.05) is 6.20 Å². The number of carbonyl (C=O) groups excluding carboxylic acids is 1. The van der Waals surface area contributed by atoms with Crippen LogP contribution < -0.4 is 5.32 Å². The molecule has 1 heterocycles. The molecular formula is C22H27FN2O. The van der Waals surface area contributed by atoms with Crippen LogP contribution in [-0.4, -0.2) is 17.9 Å². The van der Waals surface area contributed by atoms with Crippen LogP contribution in [0.1, 0.15) is 51.0 Å². The second kappa shape index (κ2) is 6.33. The largest absolute Gasteiger partial charge is 0.359 e. The fourth-order valence-electron chi connectivity index (χ4n) is 5.46. The van der Waals surface area contributed by atoms with Crippen LogP contribution >= 0.6 is 0 Å². The van der Waals surface area contributed by atoms with Crippen LogP contribution in [0.25, 0.3) is 10.9 Å². The van der Waals surface area contributed by atoms with E-state index in [2.05, 4.69) is 30.2 Å². The number of halogens is 1. The molecule has 0 radical (unpaired) electrons. The van der Waals surface area contributed by atoms with E-state index in [0.29, 0.717) is 23.7 Å². The van der Waals surface area contributed by atoms with Gasteiger partial charge in [-0.2, -0.15) is 0 Å². The number of aromatic nitrogens is 1. The summed E-state index contributed by atoms with van der Waals surface area (Å²) >= 11 is 0. The number of carbonyl (C=O) groups is 1. The molecule has 1 aromatic heterocycles. The normalized spacial score (nSPS) is 28.3. The number of amides is 1. The van der Waals surface area contributed by atoms with Crippen LogP contribution in [0, 0.1) is 29.0 Å². The minimum Gasteiger partial charge on any atom is -0.359 e. The molecule has 4 heteroatoms. The van der Waals surface area contributed by atoms with Crippen molar-refractivity contribution in [3.05, 3.63) is 41.8 Å². The first-order valence-electron chi connectivity index (χ1n) is 9.66. The SMILES string of the molecule is CNC(=O)C(C)(C)C1CC2CC(c3ccnc4ccc(F)cc34)CC2C1. The Bertz CT molecular complexity index is 833. The van der Waals surface area contributed by atoms with Crippen LogP contribution in [-0.2, 0) is 4.79 Å². The molecule has 138 valence electrons. The van der Waals surface area contributed by atoms with E-state index in [1.165, 1.54) is 11.6 Å². The molecule has 1 aromatic carbocycles. The monoisotopic (exact) mass is 354 g/mol. The molecule has 4 rings (SSSR count). The van der Waals surface area contributed by atoms with Gasteiger partial charge in [0.05, 0.1) is 5.52 Å². The minimum atomic E-state index is -0.304. The molecule has 3 nitrogen and oxygen atoms in total. The zero-order valence-electron chi connectivity index (χ0n) is 15.8. The summed E-state index contributed by atoms with van der Waals surface area (Å²) in [4.78, 5) is 16.6. The number of benzene rings is 1. The van der Waals surface area contributed by atoms with Crippen LogP contribution in [0.4, 0.5) is 4.39 Å². The Kier molecular flexibility index (Phi) is 4.25. The molecule has 2 atom stereocenters. The third-order valence-corrected chi connectivity index (χ3v) is 7.03. The maximum Gasteiger partial charge on any atom is 0.225 e. The summed E-state index contributed by atoms with van der Waals surface area (Å²) in [5.74, 6) is 2.22. The highest BCUT2D eigenvalue weighted by Crippen LogP contribution is 2.56. The first-order chi connectivity index (χ1) is 12.4. The molecule has 0 aliphatic heterocycles. The van der Waals surface area contributed by atoms with Crippen molar-refractivity contribution in [2.24, 2.45) is 23.2 Å². The Morgan fingerprint density at radius 2 is 1.85 bits per heavy atom. The summed E-state index contributed by atoms with van der Waals surface area (Å²) < 4.78 is 13.8. The standard InChI is InChI=1S/C22H27FN2O/c1-22(2,21(26)24-3)16-10-13-8-15(9-14(13)11-16)18-6-7-25-20-5-4-17(23)12-19(18)20/h4-7,12-16H,8-11H2,1-3H3,(H,24,26). The van der Waals surface area contributed by atoms with E-state index in [4.69, 9.17) is 0 Å². The van der Waals surface area contributed by atoms with Crippen LogP contribution in [0.3, 0.4) is 0 Å². The van der Waals surface area contributed by atoms with E-state index < -0.39 is 0 Å². The lowest BCUT2D eigenvalue weighted by Gasteiger charge is -2.30. The van der Waals surface area contributed by atoms with Crippen molar-refractivity contribution in [1.29, 1.82) is 0 Å². The lowest BCUT2D eigenvalue weighted by Crippen LogP contribution is -2.39. The molecule has 0 saturated heterocycles. The van der Waals surface area contributed by atoms with Gasteiger partial charge in [0, 0.05) is 24.0 Å². The van der Waals surface area contributed by atoms with Gasteiger partial charge >= 0.3 is 0 Å². The van der Waals surface area contributed by atoms with Crippen LogP contribution in [0.15, 0.2) is 30.5 Å². The number of hydrogen-bond donors (Lipinski definition) is 1. The highest BCUT2D eigenvalue weighted by molar-refractivity contribution is 5.83. The molecule has 2 saturated carbocycles. The van der Waals surface area contributed by atoms with Gasteiger partial charge in [0.25, 0.3) is 0 Å². The van der Waals surface area contributed by atoms with Gasteiger partial charge in [-0.05, 0) is 79.2 Å². The number of nitrogens with one attached hydrogen (secondary N) is 1. The zero-order valence-corrected chi connectivity index (χ0v) is 15.8. The number of nitrogens with zero attached hydrogens (tertiary/aromatic N) is 1. The van der Waals surface area contributed by atoms with Crippen molar-refractivity contribution in [2.45, 2.75) is 45.4 Å². The summed E-state index contributed by atoms with van der Waals surface area (Å²) in [6, 6.07) is 6.95. The number of fused-ring (bicyclic) bond motifs is 2. The Hall–Kier alpha value is -1.97. The minimum absolute atomic E-state index is 0.148. The van der Waals surface area contributed by atoms with Crippen molar-refractivity contribution in [3.63, 3.8) is 0 Å². The molecular weight excluding hydrogens is 327 g/mol. The summed E-state index contributed by atoms with van der Waals surface area (Å²) in [5.41, 5.74) is 1.81. The summed E-state index contributed by atoms with van der Waals surface area (Å²) in [6.07, 6.45) is 6.38. The van der Waals surface area contributed by atoms with E-state index >= 15 is 0 Å². The van der Waals surface area contributed by atoms with E-state index in [-0.39, 0.29) is 17.1 Å². The third kappa shape index (κ3) is 2.80. The summed E-state index contributed by atoms with van der Waals surface area (Å²) in [5, 5.41) is 3.78. The maximum atomic E-state index is 13.8. The quantitative estimate of drug-likeness (QED) is 0.870. The Labute approximate surface area is 154 Å². The lowest BCUT2D eigenvalue weighted by molar-refractivity contribution is -0.131. The van der Waals surface area contributed by atoms with Crippen molar-refractivity contribution in [3.8, 4) is 0 Å². The number of pyridine rings is 1. The van der Waals surface area contributed by atoms with Gasteiger partial charge in [-0.25, -0.2) is 4.39 Å². The fraction of sp³-hybridized carbons (Fsp3) is 0.545. The molecule has 2 aliphatic rings. The topological polar surface area (TPSA) is 42.0 Å². The molecule has 2 aliphatic carbocycles. The highest BCUT2D eigenvalue weighted by atomic mass is 19.1. The second-order valence-electron chi connectivity index (χ2n) is 8.72. The first kappa shape index (κ1) is 17.4. The Balaban J connectivity index is 1.54. The van der Waals surface area contributed by atoms with Crippen molar-refractivity contribution < 1.29 is 9.18 Å². The van der Waals surface area contributed by atoms with Gasteiger partial charge < -0.3 is 5.32 Å². The molecule has 0 bridgehead atoms. The van der Waals surface area contributed by atoms with Gasteiger partial charge in [0.2, 0.25) is 5.91 Å². The van der Waals surface area contributed by atoms with Gasteiger partial charge in [-0.15, -0.1) is 0 Å². The predicted molar refractivity (Wildman–Crippen MR) is 101 cm³/mol. The molecule has 26 heavy (non-hydrogen) atoms. The predicted octanol–water partition coefficient (Wildman–Crippen LogP) is 4.67. The smallest absolute Gasteiger partial charge is 0.225 e. The molecule has 0 spiro atoms. The number of hydrogen-bond acceptors (Lipinski definition) is 2. The summed E-state index contributed by atoms with van der Waals surface area (Å²) in [6.45, 7) is 4.16. The molecule has 2 unspecified atom stereocenters. The summed E-state index contributed by atoms with van der Waals surface area (Å²) in [7, 11) is 1.73. The fourth-order valence-corrected chi connectivity index (χ4v) is 5.46. The Morgan fingerprint density at radius 3 is 2.50 bits per heavy atom. The zero-order chi connectivity index (χ0) is 18.5. The highest BCUT2D eigenvalue weighted by Gasteiger charge is 2.48. The van der Waals surface area contributed by atoms with Gasteiger partial charge in [-0.3, -0.25) is 9.78 Å². The van der Waals surface area contributed by atoms with E-state index in [0.717, 1.165) is 36.6 Å². The van der Waals surface area contributed by atoms with Gasteiger partial charge in [-0.1, -0.05) is 13.8 Å². The average Bonchev–Trinajstić information content (AvgIpc) is 3.19. The molecule has 2 aromatic rings. The lowest BCUT2D eigenvalue weighted by atomic mass is 9.75. The van der Waals surface area contributed by atoms with Crippen molar-refractivity contribution in [2.75, 3.05) is 7.05 Å². The average molecular weight is 354 g/mol. The third-order valence-electron chi connectivity index (χ3n) is 7.03. The molecule has 1 N–H and O–H groups in total. The van der Waals surface area contributed by atoms with E-state index in [9.17, 15) is 9.18 Å². The molecule has 1 amide bonds. The Morgan fingerprint density at radius 1 is 1.15 bits per heavy atom. The van der Waals surface area contributed by atoms with Crippen LogP contribution in [0.2, 0.25) is 0 Å². The van der Waals surface area contributed by atoms with E-state index in [1.54, 1.807) is 19.2 Å².